The summed E-state index contributed by atoms with van der Waals surface area (Å²) < 4.78 is 0. The largest absolute Gasteiger partial charge is 1.00 e. The van der Waals surface area contributed by atoms with Gasteiger partial charge in [0.1, 0.15) is 0 Å². The van der Waals surface area contributed by atoms with Gasteiger partial charge in [-0.05, 0) is 5.56 Å². The summed E-state index contributed by atoms with van der Waals surface area (Å²) in [7, 11) is 0. The molecule has 1 N–H and O–H groups in total. The zero-order valence-electron chi connectivity index (χ0n) is 11.6. The standard InChI is InChI=1S/C13H8N5O3.Na/c14-6-11-10(5-12(19)17-13(11)16-7-15)8-1-3-9(4-2-8)18(20)21;/h1-4,10H,5H2,(H,16,17,19);/q-1;+1. The van der Waals surface area contributed by atoms with Crippen LogP contribution in [0.5, 0.6) is 0 Å². The normalized spacial score (nSPS) is 18.7. The van der Waals surface area contributed by atoms with Crippen LogP contribution in [0.1, 0.15) is 17.9 Å². The average Bonchev–Trinajstić information content (AvgIpc) is 2.47. The van der Waals surface area contributed by atoms with Crippen molar-refractivity contribution in [2.45, 2.75) is 12.3 Å². The number of amides is 1. The van der Waals surface area contributed by atoms with Gasteiger partial charge in [0.25, 0.3) is 5.69 Å². The van der Waals surface area contributed by atoms with Crippen LogP contribution >= 0.6 is 0 Å². The van der Waals surface area contributed by atoms with Crippen LogP contribution in [0.3, 0.4) is 0 Å². The summed E-state index contributed by atoms with van der Waals surface area (Å²) in [6.45, 7) is 0. The molecule has 22 heavy (non-hydrogen) atoms. The van der Waals surface area contributed by atoms with Crippen molar-refractivity contribution >= 4 is 23.3 Å². The van der Waals surface area contributed by atoms with Gasteiger partial charge in [0.05, 0.1) is 4.92 Å². The van der Waals surface area contributed by atoms with Crippen LogP contribution in [0, 0.1) is 21.6 Å². The maximum Gasteiger partial charge on any atom is 1.00 e. The molecule has 1 aliphatic rings. The molecule has 2 rings (SSSR count). The second kappa shape index (κ2) is 7.64. The molecular formula is C13H8N5NaO3. The number of nitrogens with one attached hydrogen (secondary N) is 1. The second-order valence-corrected chi connectivity index (χ2v) is 4.24. The minimum atomic E-state index is -0.573. The van der Waals surface area contributed by atoms with E-state index in [0.29, 0.717) is 5.56 Å². The molecule has 0 aromatic heterocycles. The third-order valence-electron chi connectivity index (χ3n) is 3.04. The van der Waals surface area contributed by atoms with Crippen molar-refractivity contribution in [3.63, 3.8) is 0 Å². The van der Waals surface area contributed by atoms with E-state index in [1.807, 2.05) is 5.87 Å². The molecule has 104 valence electrons. The number of nitro benzene ring substituents is 1. The Labute approximate surface area is 147 Å². The maximum absolute atomic E-state index is 11.6. The zero-order chi connectivity index (χ0) is 15.4. The number of nitriles is 1. The van der Waals surface area contributed by atoms with E-state index in [1.54, 1.807) is 0 Å². The smallest absolute Gasteiger partial charge is 0.763 e. The fraction of sp³-hybridized carbons (Fsp3) is 0.154. The molecule has 1 unspecified atom stereocenters. The van der Waals surface area contributed by atoms with Crippen molar-refractivity contribution in [2.75, 3.05) is 0 Å². The Morgan fingerprint density at radius 3 is 2.55 bits per heavy atom. The fourth-order valence-electron chi connectivity index (χ4n) is 2.08. The molecule has 1 amide bonds. The van der Waals surface area contributed by atoms with Gasteiger partial charge in [-0.3, -0.25) is 20.8 Å². The molecule has 0 bridgehead atoms. The van der Waals surface area contributed by atoms with Gasteiger partial charge in [0.2, 0.25) is 12.1 Å². The van der Waals surface area contributed by atoms with Gasteiger partial charge in [0.15, 0.2) is 5.84 Å². The SMILES string of the molecule is N#CN=C1NC(=O)CC(c2ccc([N+](=O)[O-])cc2)C1=C=[N-].[Na+]. The van der Waals surface area contributed by atoms with Gasteiger partial charge >= 0.3 is 29.6 Å². The van der Waals surface area contributed by atoms with E-state index >= 15 is 0 Å². The molecule has 0 radical (unpaired) electrons. The molecule has 0 spiro atoms. The van der Waals surface area contributed by atoms with E-state index < -0.39 is 10.8 Å². The zero-order valence-corrected chi connectivity index (χ0v) is 13.6. The van der Waals surface area contributed by atoms with E-state index in [1.165, 1.54) is 30.5 Å². The minimum Gasteiger partial charge on any atom is -0.763 e. The van der Waals surface area contributed by atoms with Crippen LogP contribution in [-0.2, 0) is 4.79 Å². The van der Waals surface area contributed by atoms with E-state index in [2.05, 4.69) is 10.3 Å². The monoisotopic (exact) mass is 305 g/mol. The molecule has 8 nitrogen and oxygen atoms in total. The molecule has 1 atom stereocenters. The van der Waals surface area contributed by atoms with Crippen molar-refractivity contribution < 1.29 is 39.3 Å². The Balaban J connectivity index is 0.00000242. The summed E-state index contributed by atoms with van der Waals surface area (Å²) in [6, 6.07) is 5.58. The van der Waals surface area contributed by atoms with E-state index in [0.717, 1.165) is 0 Å². The molecule has 1 fully saturated rings. The first-order valence-corrected chi connectivity index (χ1v) is 5.85. The van der Waals surface area contributed by atoms with E-state index in [9.17, 15) is 20.3 Å². The number of amidine groups is 1. The summed E-state index contributed by atoms with van der Waals surface area (Å²) in [5, 5.41) is 30.8. The Morgan fingerprint density at radius 2 is 2.05 bits per heavy atom. The first-order valence-electron chi connectivity index (χ1n) is 5.85. The summed E-state index contributed by atoms with van der Waals surface area (Å²) in [4.78, 5) is 25.2. The molecular weight excluding hydrogens is 297 g/mol. The number of nitrogens with zero attached hydrogens (tertiary/aromatic N) is 4. The Kier molecular flexibility index (Phi) is 6.16. The van der Waals surface area contributed by atoms with Crippen LogP contribution in [-0.4, -0.2) is 22.5 Å². The third-order valence-corrected chi connectivity index (χ3v) is 3.04. The summed E-state index contributed by atoms with van der Waals surface area (Å²) in [5.74, 6) is 0.920. The van der Waals surface area contributed by atoms with Crippen LogP contribution in [0.4, 0.5) is 5.69 Å². The Hall–Kier alpha value is -2.30. The molecule has 1 aromatic rings. The van der Waals surface area contributed by atoms with Crippen molar-refractivity contribution in [2.24, 2.45) is 4.99 Å². The fourth-order valence-corrected chi connectivity index (χ4v) is 2.08. The predicted octanol–water partition coefficient (Wildman–Crippen LogP) is -1.75. The maximum atomic E-state index is 11.6. The number of hydrogen-bond acceptors (Lipinski definition) is 5. The molecule has 1 aromatic carbocycles. The van der Waals surface area contributed by atoms with Gasteiger partial charge in [-0.2, -0.15) is 10.3 Å². The molecule has 1 saturated heterocycles. The number of carbonyl (C=O) groups excluding carboxylic acids is 1. The number of nitro groups is 1. The first kappa shape index (κ1) is 17.8. The van der Waals surface area contributed by atoms with Gasteiger partial charge < -0.3 is 10.7 Å². The van der Waals surface area contributed by atoms with Crippen molar-refractivity contribution in [1.29, 1.82) is 5.26 Å². The Morgan fingerprint density at radius 1 is 1.41 bits per heavy atom. The molecule has 0 saturated carbocycles. The second-order valence-electron chi connectivity index (χ2n) is 4.24. The number of rotatable bonds is 2. The van der Waals surface area contributed by atoms with Gasteiger partial charge in [-0.1, -0.05) is 12.1 Å². The molecule has 1 heterocycles. The van der Waals surface area contributed by atoms with Crippen LogP contribution in [0.15, 0.2) is 34.8 Å². The summed E-state index contributed by atoms with van der Waals surface area (Å²) >= 11 is 0. The Bertz CT molecular complexity index is 729. The van der Waals surface area contributed by atoms with Crippen molar-refractivity contribution in [3.8, 4) is 6.19 Å². The summed E-state index contributed by atoms with van der Waals surface area (Å²) in [5.41, 5.74) is 0.658. The van der Waals surface area contributed by atoms with E-state index in [4.69, 9.17) is 5.26 Å². The third kappa shape index (κ3) is 3.67. The number of hydrogen-bond donors (Lipinski definition) is 1. The van der Waals surface area contributed by atoms with E-state index in [-0.39, 0.29) is 59.0 Å². The quantitative estimate of drug-likeness (QED) is 0.228. The van der Waals surface area contributed by atoms with Gasteiger partial charge in [-0.25, -0.2) is 0 Å². The number of benzene rings is 1. The summed E-state index contributed by atoms with van der Waals surface area (Å²) in [6.07, 6.45) is 1.55. The van der Waals surface area contributed by atoms with Crippen LogP contribution in [0.25, 0.3) is 5.41 Å². The van der Waals surface area contributed by atoms with Crippen molar-refractivity contribution in [3.05, 3.63) is 50.9 Å². The van der Waals surface area contributed by atoms with Gasteiger partial charge in [-0.15, -0.1) is 0 Å². The minimum absolute atomic E-state index is 0. The molecule has 0 aliphatic carbocycles. The van der Waals surface area contributed by atoms with Crippen molar-refractivity contribution in [1.82, 2.24) is 5.32 Å². The van der Waals surface area contributed by atoms with Crippen LogP contribution in [0.2, 0.25) is 0 Å². The number of non-ortho nitro benzene ring substituents is 1. The average molecular weight is 305 g/mol. The molecule has 1 aliphatic heterocycles. The first-order chi connectivity index (χ1) is 10.1. The number of aliphatic imine (C=N–C) groups is 1. The predicted molar refractivity (Wildman–Crippen MR) is 73.5 cm³/mol. The molecule has 9 heteroatoms. The number of carbonyl (C=O) groups is 1. The van der Waals surface area contributed by atoms with Gasteiger partial charge in [0, 0.05) is 30.0 Å². The topological polar surface area (TPSA) is 131 Å². The number of piperidine rings is 1. The van der Waals surface area contributed by atoms with Crippen LogP contribution < -0.4 is 34.9 Å².